The van der Waals surface area contributed by atoms with Crippen LogP contribution in [-0.4, -0.2) is 55.7 Å². The van der Waals surface area contributed by atoms with Crippen LogP contribution in [0.25, 0.3) is 0 Å². The van der Waals surface area contributed by atoms with Gasteiger partial charge in [0.15, 0.2) is 0 Å². The molecule has 0 bridgehead atoms. The summed E-state index contributed by atoms with van der Waals surface area (Å²) < 4.78 is 39.7. The Balaban J connectivity index is 1.78. The Labute approximate surface area is 143 Å². The number of rotatable bonds is 2. The highest BCUT2D eigenvalue weighted by atomic mass is 19.4. The fourth-order valence-electron chi connectivity index (χ4n) is 3.83. The fraction of sp³-hybridized carbons (Fsp3) is 0.750. The zero-order valence-electron chi connectivity index (χ0n) is 13.9. The second-order valence-corrected chi connectivity index (χ2v) is 7.03. The van der Waals surface area contributed by atoms with Crippen molar-refractivity contribution in [2.45, 2.75) is 69.5 Å². The van der Waals surface area contributed by atoms with Gasteiger partial charge >= 0.3 is 6.18 Å². The van der Waals surface area contributed by atoms with E-state index in [0.717, 1.165) is 23.4 Å². The van der Waals surface area contributed by atoms with E-state index >= 15 is 0 Å². The standard InChI is InChI=1S/C16H22F3N3O3/c1-9-7-21(15(25)14(24)16(17,18)19)8-10-6-20-22(13(9)10)11-2-4-12(23)5-3-11/h6,9,11-12,14,23-24H,2-5,7-8H2,1H3/t9-,11?,12?,14?/m1/s1. The maximum Gasteiger partial charge on any atom is 0.423 e. The van der Waals surface area contributed by atoms with Crippen LogP contribution in [0.5, 0.6) is 0 Å². The first kappa shape index (κ1) is 18.2. The highest BCUT2D eigenvalue weighted by Gasteiger charge is 2.46. The van der Waals surface area contributed by atoms with Crippen molar-refractivity contribution >= 4 is 5.91 Å². The summed E-state index contributed by atoms with van der Waals surface area (Å²) in [5, 5.41) is 23.2. The minimum atomic E-state index is -4.96. The number of aliphatic hydroxyl groups excluding tert-OH is 2. The Morgan fingerprint density at radius 3 is 2.56 bits per heavy atom. The van der Waals surface area contributed by atoms with E-state index in [1.165, 1.54) is 0 Å². The molecule has 1 aliphatic heterocycles. The van der Waals surface area contributed by atoms with E-state index in [1.54, 1.807) is 6.20 Å². The van der Waals surface area contributed by atoms with Gasteiger partial charge in [0.1, 0.15) is 0 Å². The second kappa shape index (κ2) is 6.60. The van der Waals surface area contributed by atoms with Crippen LogP contribution >= 0.6 is 0 Å². The van der Waals surface area contributed by atoms with Crippen LogP contribution in [0.15, 0.2) is 6.20 Å². The molecule has 2 aliphatic rings. The number of amides is 1. The third-order valence-corrected chi connectivity index (χ3v) is 5.10. The molecule has 9 heteroatoms. The highest BCUT2D eigenvalue weighted by Crippen LogP contribution is 2.35. The number of hydrogen-bond donors (Lipinski definition) is 2. The van der Waals surface area contributed by atoms with Gasteiger partial charge in [-0.25, -0.2) is 0 Å². The lowest BCUT2D eigenvalue weighted by atomic mass is 9.91. The van der Waals surface area contributed by atoms with E-state index < -0.39 is 18.2 Å². The molecule has 1 unspecified atom stereocenters. The van der Waals surface area contributed by atoms with Crippen LogP contribution in [0.4, 0.5) is 13.2 Å². The molecular formula is C16H22F3N3O3. The van der Waals surface area contributed by atoms with E-state index in [0.29, 0.717) is 18.4 Å². The number of hydrogen-bond acceptors (Lipinski definition) is 4. The molecule has 1 amide bonds. The SMILES string of the molecule is C[C@@H]1CN(C(=O)C(O)C(F)(F)F)Cc2cnn(C3CCC(O)CC3)c21. The molecule has 2 heterocycles. The van der Waals surface area contributed by atoms with Crippen molar-refractivity contribution in [2.75, 3.05) is 6.54 Å². The molecule has 1 aromatic heterocycles. The zero-order valence-corrected chi connectivity index (χ0v) is 13.9. The maximum atomic E-state index is 12.6. The second-order valence-electron chi connectivity index (χ2n) is 7.03. The van der Waals surface area contributed by atoms with Gasteiger partial charge in [-0.1, -0.05) is 6.92 Å². The third kappa shape index (κ3) is 3.52. The summed E-state index contributed by atoms with van der Waals surface area (Å²) in [7, 11) is 0. The largest absolute Gasteiger partial charge is 0.423 e. The lowest BCUT2D eigenvalue weighted by molar-refractivity contribution is -0.211. The van der Waals surface area contributed by atoms with Crippen LogP contribution in [-0.2, 0) is 11.3 Å². The van der Waals surface area contributed by atoms with E-state index in [-0.39, 0.29) is 31.2 Å². The van der Waals surface area contributed by atoms with Gasteiger partial charge in [0.25, 0.3) is 5.91 Å². The van der Waals surface area contributed by atoms with Crippen LogP contribution in [0, 0.1) is 0 Å². The lowest BCUT2D eigenvalue weighted by Gasteiger charge is -2.35. The van der Waals surface area contributed by atoms with E-state index in [1.807, 2.05) is 11.6 Å². The molecular weight excluding hydrogens is 339 g/mol. The molecule has 6 nitrogen and oxygen atoms in total. The lowest BCUT2D eigenvalue weighted by Crippen LogP contribution is -2.48. The minimum absolute atomic E-state index is 0.0149. The summed E-state index contributed by atoms with van der Waals surface area (Å²) in [5.41, 5.74) is 1.65. The quantitative estimate of drug-likeness (QED) is 0.841. The number of carbonyl (C=O) groups excluding carboxylic acids is 1. The number of alkyl halides is 3. The summed E-state index contributed by atoms with van der Waals surface area (Å²) in [5.74, 6) is -1.50. The molecule has 1 fully saturated rings. The topological polar surface area (TPSA) is 78.6 Å². The molecule has 0 spiro atoms. The van der Waals surface area contributed by atoms with E-state index in [2.05, 4.69) is 5.10 Å². The Bertz CT molecular complexity index is 638. The fourth-order valence-corrected chi connectivity index (χ4v) is 3.83. The molecule has 2 atom stereocenters. The Morgan fingerprint density at radius 1 is 1.32 bits per heavy atom. The molecule has 1 aliphatic carbocycles. The van der Waals surface area contributed by atoms with Crippen LogP contribution in [0.2, 0.25) is 0 Å². The van der Waals surface area contributed by atoms with E-state index in [9.17, 15) is 28.2 Å². The molecule has 0 aromatic carbocycles. The predicted octanol–water partition coefficient (Wildman–Crippen LogP) is 1.73. The maximum absolute atomic E-state index is 12.6. The van der Waals surface area contributed by atoms with Gasteiger partial charge in [0.05, 0.1) is 18.3 Å². The van der Waals surface area contributed by atoms with Crippen molar-refractivity contribution in [1.82, 2.24) is 14.7 Å². The molecule has 2 N–H and O–H groups in total. The zero-order chi connectivity index (χ0) is 18.4. The van der Waals surface area contributed by atoms with Gasteiger partial charge in [-0.2, -0.15) is 18.3 Å². The van der Waals surface area contributed by atoms with Crippen molar-refractivity contribution in [2.24, 2.45) is 0 Å². The summed E-state index contributed by atoms with van der Waals surface area (Å²) in [4.78, 5) is 13.0. The van der Waals surface area contributed by atoms with Crippen LogP contribution in [0.1, 0.15) is 55.8 Å². The highest BCUT2D eigenvalue weighted by molar-refractivity contribution is 5.81. The molecule has 3 rings (SSSR count). The molecule has 140 valence electrons. The average Bonchev–Trinajstić information content (AvgIpc) is 2.98. The van der Waals surface area contributed by atoms with Crippen molar-refractivity contribution in [1.29, 1.82) is 0 Å². The van der Waals surface area contributed by atoms with Crippen LogP contribution < -0.4 is 0 Å². The number of fused-ring (bicyclic) bond motifs is 1. The van der Waals surface area contributed by atoms with Gasteiger partial charge in [-0.3, -0.25) is 9.48 Å². The first-order chi connectivity index (χ1) is 11.7. The first-order valence-electron chi connectivity index (χ1n) is 8.46. The number of aromatic nitrogens is 2. The van der Waals surface area contributed by atoms with E-state index in [4.69, 9.17) is 0 Å². The summed E-state index contributed by atoms with van der Waals surface area (Å²) >= 11 is 0. The number of aliphatic hydroxyl groups is 2. The minimum Gasteiger partial charge on any atom is -0.393 e. The van der Waals surface area contributed by atoms with Gasteiger partial charge in [0, 0.05) is 30.3 Å². The molecule has 25 heavy (non-hydrogen) atoms. The smallest absolute Gasteiger partial charge is 0.393 e. The average molecular weight is 361 g/mol. The molecule has 1 saturated carbocycles. The first-order valence-corrected chi connectivity index (χ1v) is 8.46. The van der Waals surface area contributed by atoms with Crippen LogP contribution in [0.3, 0.4) is 0 Å². The predicted molar refractivity (Wildman–Crippen MR) is 81.6 cm³/mol. The Morgan fingerprint density at radius 2 is 1.96 bits per heavy atom. The third-order valence-electron chi connectivity index (χ3n) is 5.10. The molecule has 0 saturated heterocycles. The van der Waals surface area contributed by atoms with Crippen molar-refractivity contribution in [3.05, 3.63) is 17.5 Å². The van der Waals surface area contributed by atoms with Crippen molar-refractivity contribution in [3.63, 3.8) is 0 Å². The van der Waals surface area contributed by atoms with Gasteiger partial charge in [0.2, 0.25) is 6.10 Å². The molecule has 0 radical (unpaired) electrons. The van der Waals surface area contributed by atoms with Gasteiger partial charge in [-0.05, 0) is 25.7 Å². The van der Waals surface area contributed by atoms with Gasteiger partial charge < -0.3 is 15.1 Å². The Hall–Kier alpha value is -1.61. The monoisotopic (exact) mass is 361 g/mol. The summed E-state index contributed by atoms with van der Waals surface area (Å²) in [6, 6.07) is 0.164. The van der Waals surface area contributed by atoms with Crippen molar-refractivity contribution in [3.8, 4) is 0 Å². The Kier molecular flexibility index (Phi) is 4.80. The number of carbonyl (C=O) groups is 1. The molecule has 1 aromatic rings. The summed E-state index contributed by atoms with van der Waals surface area (Å²) in [6.45, 7) is 1.97. The van der Waals surface area contributed by atoms with Crippen molar-refractivity contribution < 1.29 is 28.2 Å². The normalized spacial score (nSPS) is 28.6. The summed E-state index contributed by atoms with van der Waals surface area (Å²) in [6.07, 6.45) is -3.63. The number of halogens is 3. The van der Waals surface area contributed by atoms with Gasteiger partial charge in [-0.15, -0.1) is 0 Å². The number of nitrogens with zero attached hydrogens (tertiary/aromatic N) is 3.